The average molecular weight is 257 g/mol. The predicted octanol–water partition coefficient (Wildman–Crippen LogP) is 2.11. The van der Waals surface area contributed by atoms with Gasteiger partial charge in [-0.1, -0.05) is 0 Å². The summed E-state index contributed by atoms with van der Waals surface area (Å²) in [5.74, 6) is -1.12. The van der Waals surface area contributed by atoms with Crippen molar-refractivity contribution in [1.82, 2.24) is 5.32 Å². The lowest BCUT2D eigenvalue weighted by Gasteiger charge is -2.43. The van der Waals surface area contributed by atoms with E-state index in [1.165, 1.54) is 0 Å². The van der Waals surface area contributed by atoms with E-state index in [1.54, 1.807) is 0 Å². The van der Waals surface area contributed by atoms with Gasteiger partial charge in [-0.25, -0.2) is 8.78 Å². The highest BCUT2D eigenvalue weighted by atomic mass is 19.1. The summed E-state index contributed by atoms with van der Waals surface area (Å²) in [6.45, 7) is 2.46. The molecule has 1 aromatic rings. The van der Waals surface area contributed by atoms with Gasteiger partial charge in [0.15, 0.2) is 11.6 Å². The average Bonchev–Trinajstić information content (AvgIpc) is 2.35. The molecule has 0 aromatic heterocycles. The molecular weight excluding hydrogens is 240 g/mol. The van der Waals surface area contributed by atoms with E-state index in [2.05, 4.69) is 5.32 Å². The molecule has 3 atom stereocenters. The second-order valence-electron chi connectivity index (χ2n) is 4.28. The maximum absolute atomic E-state index is 13.4. The molecule has 0 spiro atoms. The number of halogens is 2. The van der Waals surface area contributed by atoms with E-state index in [1.807, 2.05) is 14.0 Å². The Morgan fingerprint density at radius 2 is 2.17 bits per heavy atom. The fraction of sp³-hybridized carbons (Fsp3) is 0.538. The Kier molecular flexibility index (Phi) is 4.14. The fourth-order valence-electron chi connectivity index (χ4n) is 2.13. The van der Waals surface area contributed by atoms with Crippen LogP contribution in [0.4, 0.5) is 8.78 Å². The number of nitrogens with one attached hydrogen (secondary N) is 1. The Balaban J connectivity index is 2.03. The third-order valence-electron chi connectivity index (χ3n) is 3.15. The van der Waals surface area contributed by atoms with Crippen molar-refractivity contribution in [1.29, 1.82) is 0 Å². The molecule has 0 amide bonds. The normalized spacial score (nSPS) is 26.8. The standard InChI is InChI=1S/C13H17F2NO2/c1-3-17-13-10(16-2)7-12(13)18-11-6-8(14)4-5-9(11)15/h4-6,10,12-13,16H,3,7H2,1-2H3. The van der Waals surface area contributed by atoms with E-state index in [4.69, 9.17) is 9.47 Å². The van der Waals surface area contributed by atoms with Gasteiger partial charge < -0.3 is 14.8 Å². The molecule has 0 heterocycles. The summed E-state index contributed by atoms with van der Waals surface area (Å²) in [7, 11) is 1.84. The quantitative estimate of drug-likeness (QED) is 0.876. The first-order valence-corrected chi connectivity index (χ1v) is 6.06. The molecular formula is C13H17F2NO2. The van der Waals surface area contributed by atoms with Crippen LogP contribution < -0.4 is 10.1 Å². The molecule has 1 aliphatic carbocycles. The van der Waals surface area contributed by atoms with Gasteiger partial charge in [-0.15, -0.1) is 0 Å². The maximum Gasteiger partial charge on any atom is 0.165 e. The Morgan fingerprint density at radius 1 is 1.39 bits per heavy atom. The van der Waals surface area contributed by atoms with Crippen molar-refractivity contribution in [2.24, 2.45) is 0 Å². The van der Waals surface area contributed by atoms with Crippen LogP contribution in [0.25, 0.3) is 0 Å². The number of hydrogen-bond donors (Lipinski definition) is 1. The second kappa shape index (κ2) is 5.63. The summed E-state index contributed by atoms with van der Waals surface area (Å²) in [5, 5.41) is 3.11. The third-order valence-corrected chi connectivity index (χ3v) is 3.15. The number of ether oxygens (including phenoxy) is 2. The van der Waals surface area contributed by atoms with Crippen molar-refractivity contribution in [2.75, 3.05) is 13.7 Å². The molecule has 1 aromatic carbocycles. The van der Waals surface area contributed by atoms with Crippen LogP contribution in [0.2, 0.25) is 0 Å². The molecule has 0 bridgehead atoms. The highest BCUT2D eigenvalue weighted by Gasteiger charge is 2.43. The van der Waals surface area contributed by atoms with Crippen LogP contribution in [0.5, 0.6) is 5.75 Å². The highest BCUT2D eigenvalue weighted by Crippen LogP contribution is 2.30. The van der Waals surface area contributed by atoms with E-state index in [0.717, 1.165) is 24.6 Å². The third kappa shape index (κ3) is 2.62. The van der Waals surface area contributed by atoms with E-state index in [9.17, 15) is 8.78 Å². The molecule has 5 heteroatoms. The molecule has 2 rings (SSSR count). The van der Waals surface area contributed by atoms with Crippen LogP contribution in [-0.4, -0.2) is 31.9 Å². The van der Waals surface area contributed by atoms with Crippen molar-refractivity contribution in [3.05, 3.63) is 29.8 Å². The van der Waals surface area contributed by atoms with E-state index in [0.29, 0.717) is 6.61 Å². The van der Waals surface area contributed by atoms with Crippen LogP contribution in [0.15, 0.2) is 18.2 Å². The molecule has 0 radical (unpaired) electrons. The minimum atomic E-state index is -0.556. The van der Waals surface area contributed by atoms with Gasteiger partial charge in [0.25, 0.3) is 0 Å². The molecule has 100 valence electrons. The SMILES string of the molecule is CCOC1C(NC)CC1Oc1cc(F)ccc1F. The molecule has 1 fully saturated rings. The Morgan fingerprint density at radius 3 is 2.83 bits per heavy atom. The molecule has 0 aliphatic heterocycles. The molecule has 3 unspecified atom stereocenters. The summed E-state index contributed by atoms with van der Waals surface area (Å²) < 4.78 is 37.5. The first-order valence-electron chi connectivity index (χ1n) is 6.06. The summed E-state index contributed by atoms with van der Waals surface area (Å²) in [5.41, 5.74) is 0. The molecule has 1 saturated carbocycles. The largest absolute Gasteiger partial charge is 0.484 e. The summed E-state index contributed by atoms with van der Waals surface area (Å²) >= 11 is 0. The predicted molar refractivity (Wildman–Crippen MR) is 63.7 cm³/mol. The molecule has 1 aliphatic rings. The highest BCUT2D eigenvalue weighted by molar-refractivity contribution is 5.25. The zero-order chi connectivity index (χ0) is 13.1. The van der Waals surface area contributed by atoms with Crippen molar-refractivity contribution in [3.63, 3.8) is 0 Å². The topological polar surface area (TPSA) is 30.5 Å². The Labute approximate surface area is 105 Å². The van der Waals surface area contributed by atoms with Crippen LogP contribution in [0, 0.1) is 11.6 Å². The summed E-state index contributed by atoms with van der Waals surface area (Å²) in [6, 6.07) is 3.39. The lowest BCUT2D eigenvalue weighted by atomic mass is 9.85. The number of likely N-dealkylation sites (N-methyl/N-ethyl adjacent to an activating group) is 1. The number of benzene rings is 1. The minimum Gasteiger partial charge on any atom is -0.484 e. The van der Waals surface area contributed by atoms with E-state index in [-0.39, 0.29) is 24.0 Å². The summed E-state index contributed by atoms with van der Waals surface area (Å²) in [4.78, 5) is 0. The maximum atomic E-state index is 13.4. The number of rotatable bonds is 5. The van der Waals surface area contributed by atoms with Crippen LogP contribution in [-0.2, 0) is 4.74 Å². The van der Waals surface area contributed by atoms with Crippen LogP contribution >= 0.6 is 0 Å². The smallest absolute Gasteiger partial charge is 0.165 e. The Hall–Kier alpha value is -1.20. The Bertz CT molecular complexity index is 414. The zero-order valence-electron chi connectivity index (χ0n) is 10.5. The van der Waals surface area contributed by atoms with E-state index < -0.39 is 11.6 Å². The van der Waals surface area contributed by atoms with Crippen molar-refractivity contribution < 1.29 is 18.3 Å². The monoisotopic (exact) mass is 257 g/mol. The van der Waals surface area contributed by atoms with Gasteiger partial charge >= 0.3 is 0 Å². The first-order chi connectivity index (χ1) is 8.65. The lowest BCUT2D eigenvalue weighted by molar-refractivity contribution is -0.104. The molecule has 3 nitrogen and oxygen atoms in total. The van der Waals surface area contributed by atoms with Crippen molar-refractivity contribution >= 4 is 0 Å². The number of hydrogen-bond acceptors (Lipinski definition) is 3. The molecule has 1 N–H and O–H groups in total. The van der Waals surface area contributed by atoms with Gasteiger partial charge in [-0.3, -0.25) is 0 Å². The zero-order valence-corrected chi connectivity index (χ0v) is 10.5. The van der Waals surface area contributed by atoms with Gasteiger partial charge in [0.2, 0.25) is 0 Å². The van der Waals surface area contributed by atoms with Gasteiger partial charge in [-0.2, -0.15) is 0 Å². The molecule has 18 heavy (non-hydrogen) atoms. The lowest BCUT2D eigenvalue weighted by Crippen LogP contribution is -2.60. The van der Waals surface area contributed by atoms with Gasteiger partial charge in [0.05, 0.1) is 0 Å². The second-order valence-corrected chi connectivity index (χ2v) is 4.28. The van der Waals surface area contributed by atoms with Crippen LogP contribution in [0.1, 0.15) is 13.3 Å². The summed E-state index contributed by atoms with van der Waals surface area (Å²) in [6.07, 6.45) is 0.360. The molecule has 0 saturated heterocycles. The first kappa shape index (κ1) is 13.2. The van der Waals surface area contributed by atoms with Gasteiger partial charge in [-0.05, 0) is 26.1 Å². The van der Waals surface area contributed by atoms with E-state index >= 15 is 0 Å². The minimum absolute atomic E-state index is 0.0562. The van der Waals surface area contributed by atoms with Gasteiger partial charge in [0, 0.05) is 25.1 Å². The van der Waals surface area contributed by atoms with Gasteiger partial charge in [0.1, 0.15) is 18.0 Å². The van der Waals surface area contributed by atoms with Crippen molar-refractivity contribution in [2.45, 2.75) is 31.6 Å². The van der Waals surface area contributed by atoms with Crippen molar-refractivity contribution in [3.8, 4) is 5.75 Å². The fourth-order valence-corrected chi connectivity index (χ4v) is 2.13. The van der Waals surface area contributed by atoms with Crippen LogP contribution in [0.3, 0.4) is 0 Å².